The van der Waals surface area contributed by atoms with E-state index in [4.69, 9.17) is 34.5 Å². The van der Waals surface area contributed by atoms with Crippen molar-refractivity contribution >= 4 is 49.5 Å². The minimum atomic E-state index is -5.36. The minimum Gasteiger partial charge on any atom is -0.766 e. The van der Waals surface area contributed by atoms with Crippen molar-refractivity contribution in [3.8, 4) is 0 Å². The van der Waals surface area contributed by atoms with Gasteiger partial charge in [0.1, 0.15) is 42.0 Å². The largest absolute Gasteiger partial charge is 0.766 e. The standard InChI is InChI=1S/C20H23F2N11O9P2/c21-9-11-7(40-19(9)32-5-29-12-15(23)25-3-27-17(12)32)1-39-44(36,37)42-14-8(2-38-43(34,35)31-11)41-20(10(14)22)33-6-30-13-16(24)26-4-28-18(13)33/h3-11,14,19-20H,1-2H2,(H,36,37)(H2,23,25,27)(H2,24,26,28)(H2,31,34,35)/p-2/t7-,8-,9-,10-,11-,14-,19-,20-/m1/s1. The van der Waals surface area contributed by atoms with Crippen molar-refractivity contribution in [2.45, 2.75) is 49.2 Å². The number of hydrogen-bond acceptors (Lipinski definition) is 17. The van der Waals surface area contributed by atoms with Crippen LogP contribution in [0.2, 0.25) is 0 Å². The Balaban J connectivity index is 1.17. The van der Waals surface area contributed by atoms with E-state index in [1.807, 2.05) is 5.09 Å². The first-order valence-electron chi connectivity index (χ1n) is 12.7. The number of aromatic nitrogens is 8. The van der Waals surface area contributed by atoms with Gasteiger partial charge in [-0.2, -0.15) is 0 Å². The normalized spacial score (nSPS) is 38.3. The van der Waals surface area contributed by atoms with Gasteiger partial charge in [0, 0.05) is 0 Å². The Hall–Kier alpha value is -3.30. The number of anilines is 2. The fraction of sp³-hybridized carbons (Fsp3) is 0.500. The van der Waals surface area contributed by atoms with Crippen LogP contribution in [0.4, 0.5) is 20.4 Å². The second kappa shape index (κ2) is 10.7. The Labute approximate surface area is 243 Å². The first kappa shape index (κ1) is 29.4. The molecule has 2 unspecified atom stereocenters. The molecule has 3 saturated heterocycles. The number of nitrogens with zero attached hydrogens (tertiary/aromatic N) is 8. The molecule has 0 bridgehead atoms. The lowest BCUT2D eigenvalue weighted by atomic mass is 10.1. The summed E-state index contributed by atoms with van der Waals surface area (Å²) in [5, 5.41) is 2.04. The number of imidazole rings is 2. The number of halogens is 2. The third-order valence-electron chi connectivity index (χ3n) is 7.28. The van der Waals surface area contributed by atoms with Crippen molar-refractivity contribution in [3.05, 3.63) is 25.3 Å². The number of alkyl halides is 2. The third-order valence-corrected chi connectivity index (χ3v) is 9.35. The fourth-order valence-electron chi connectivity index (χ4n) is 5.26. The Morgan fingerprint density at radius 2 is 1.36 bits per heavy atom. The first-order chi connectivity index (χ1) is 20.9. The van der Waals surface area contributed by atoms with Gasteiger partial charge in [0.05, 0.1) is 31.9 Å². The predicted molar refractivity (Wildman–Crippen MR) is 136 cm³/mol. The Bertz CT molecular complexity index is 1700. The van der Waals surface area contributed by atoms with Crippen LogP contribution < -0.4 is 26.3 Å². The van der Waals surface area contributed by atoms with E-state index < -0.39 is 77.9 Å². The molecule has 5 N–H and O–H groups in total. The second-order valence-corrected chi connectivity index (χ2v) is 12.8. The highest BCUT2D eigenvalue weighted by molar-refractivity contribution is 7.49. The molecule has 0 spiro atoms. The van der Waals surface area contributed by atoms with Crippen LogP contribution in [-0.4, -0.2) is 88.9 Å². The number of phosphoric acid groups is 1. The highest BCUT2D eigenvalue weighted by Gasteiger charge is 2.52. The molecule has 7 rings (SSSR count). The number of rotatable bonds is 2. The highest BCUT2D eigenvalue weighted by atomic mass is 31.2. The summed E-state index contributed by atoms with van der Waals surface area (Å²) >= 11 is 0. The van der Waals surface area contributed by atoms with Gasteiger partial charge in [0.25, 0.3) is 7.82 Å². The molecule has 20 nitrogen and oxygen atoms in total. The molecule has 44 heavy (non-hydrogen) atoms. The topological polar surface area (TPSA) is 278 Å². The second-order valence-electron chi connectivity index (χ2n) is 9.95. The number of fused-ring (bicyclic) bond motifs is 4. The van der Waals surface area contributed by atoms with Gasteiger partial charge < -0.3 is 44.3 Å². The summed E-state index contributed by atoms with van der Waals surface area (Å²) in [6.07, 6.45) is -8.15. The zero-order chi connectivity index (χ0) is 31.0. The molecule has 3 fully saturated rings. The Morgan fingerprint density at radius 1 is 0.818 bits per heavy atom. The molecule has 4 aromatic rings. The van der Waals surface area contributed by atoms with Crippen LogP contribution in [-0.2, 0) is 32.2 Å². The average Bonchev–Trinajstić information content (AvgIpc) is 3.73. The summed E-state index contributed by atoms with van der Waals surface area (Å²) in [6, 6.07) is -1.72. The summed E-state index contributed by atoms with van der Waals surface area (Å²) in [4.78, 5) is 49.5. The molecular weight excluding hydrogens is 638 g/mol. The zero-order valence-electron chi connectivity index (χ0n) is 21.9. The molecule has 0 amide bonds. The molecule has 10 atom stereocenters. The van der Waals surface area contributed by atoms with E-state index in [1.165, 1.54) is 0 Å². The van der Waals surface area contributed by atoms with Crippen molar-refractivity contribution < 1.29 is 50.7 Å². The molecule has 0 aliphatic carbocycles. The maximum atomic E-state index is 15.8. The molecule has 3 aliphatic rings. The van der Waals surface area contributed by atoms with Crippen molar-refractivity contribution in [1.82, 2.24) is 44.1 Å². The molecule has 0 aromatic carbocycles. The Kier molecular flexibility index (Phi) is 7.12. The van der Waals surface area contributed by atoms with E-state index in [-0.39, 0.29) is 34.0 Å². The van der Waals surface area contributed by atoms with E-state index >= 15 is 8.78 Å². The lowest BCUT2D eigenvalue weighted by Gasteiger charge is -2.35. The van der Waals surface area contributed by atoms with E-state index in [2.05, 4.69) is 29.9 Å². The van der Waals surface area contributed by atoms with Crippen LogP contribution in [0.25, 0.3) is 22.3 Å². The molecule has 24 heteroatoms. The quantitative estimate of drug-likeness (QED) is 0.209. The van der Waals surface area contributed by atoms with E-state index in [9.17, 15) is 18.9 Å². The molecule has 0 saturated carbocycles. The van der Waals surface area contributed by atoms with Gasteiger partial charge in [-0.25, -0.2) is 43.8 Å². The van der Waals surface area contributed by atoms with Gasteiger partial charge in [-0.3, -0.25) is 18.3 Å². The van der Waals surface area contributed by atoms with E-state index in [0.29, 0.717) is 0 Å². The molecule has 7 heterocycles. The monoisotopic (exact) mass is 659 g/mol. The first-order valence-corrected chi connectivity index (χ1v) is 15.8. The van der Waals surface area contributed by atoms with Crippen LogP contribution in [0.15, 0.2) is 25.3 Å². The highest BCUT2D eigenvalue weighted by Crippen LogP contribution is 2.49. The van der Waals surface area contributed by atoms with Crippen molar-refractivity contribution in [1.29, 1.82) is 0 Å². The van der Waals surface area contributed by atoms with Crippen molar-refractivity contribution in [3.63, 3.8) is 0 Å². The number of nitrogens with one attached hydrogen (secondary N) is 1. The molecular formula is C20H21F2N11O9P2-2. The number of nitrogens with two attached hydrogens (primary N) is 2. The molecule has 3 aliphatic heterocycles. The van der Waals surface area contributed by atoms with Crippen LogP contribution in [0, 0.1) is 0 Å². The molecule has 0 radical (unpaired) electrons. The van der Waals surface area contributed by atoms with E-state index in [0.717, 1.165) is 34.4 Å². The molecule has 236 valence electrons. The minimum absolute atomic E-state index is 0.00296. The predicted octanol–water partition coefficient (Wildman–Crippen LogP) is -1.37. The number of phosphoric ester groups is 1. The van der Waals surface area contributed by atoms with Gasteiger partial charge >= 0.3 is 0 Å². The third kappa shape index (κ3) is 5.02. The van der Waals surface area contributed by atoms with Crippen LogP contribution in [0.1, 0.15) is 12.5 Å². The van der Waals surface area contributed by atoms with E-state index in [1.54, 1.807) is 0 Å². The van der Waals surface area contributed by atoms with Gasteiger partial charge in [0.2, 0.25) is 7.75 Å². The van der Waals surface area contributed by atoms with Gasteiger partial charge in [-0.1, -0.05) is 0 Å². The summed E-state index contributed by atoms with van der Waals surface area (Å²) in [6.45, 7) is -1.86. The SMILES string of the molecule is Nc1ncnc2c1ncn2[C@@H]1O[C@@H]2COP(=O)([O-])O[C@H]3[C@@H](F)[C@H](n4cnc5c(N)ncnc54)O[C@@H]3COP(=O)([O-])N[C@H]2[C@H]1F. The smallest absolute Gasteiger partial charge is 0.268 e. The summed E-state index contributed by atoms with van der Waals surface area (Å²) in [5.41, 5.74) is 11.9. The maximum absolute atomic E-state index is 15.8. The van der Waals surface area contributed by atoms with Crippen LogP contribution >= 0.6 is 15.6 Å². The average molecular weight is 659 g/mol. The van der Waals surface area contributed by atoms with Gasteiger partial charge in [-0.15, -0.1) is 0 Å². The number of nitrogen functional groups attached to an aromatic ring is 2. The van der Waals surface area contributed by atoms with Crippen molar-refractivity contribution in [2.75, 3.05) is 24.7 Å². The summed E-state index contributed by atoms with van der Waals surface area (Å²) in [7, 11) is -10.5. The molecule has 4 aromatic heterocycles. The number of ether oxygens (including phenoxy) is 2. The van der Waals surface area contributed by atoms with Crippen LogP contribution in [0.5, 0.6) is 0 Å². The Morgan fingerprint density at radius 3 is 1.98 bits per heavy atom. The number of hydrogen-bond donors (Lipinski definition) is 3. The van der Waals surface area contributed by atoms with Crippen LogP contribution in [0.3, 0.4) is 0 Å². The maximum Gasteiger partial charge on any atom is 0.268 e. The van der Waals surface area contributed by atoms with Crippen molar-refractivity contribution in [2.24, 2.45) is 0 Å². The lowest BCUT2D eigenvalue weighted by molar-refractivity contribution is -0.236. The lowest BCUT2D eigenvalue weighted by Crippen LogP contribution is -2.46. The zero-order valence-corrected chi connectivity index (χ0v) is 23.7. The summed E-state index contributed by atoms with van der Waals surface area (Å²) in [5.74, 6) is -0.0133. The van der Waals surface area contributed by atoms with Gasteiger partial charge in [0.15, 0.2) is 47.7 Å². The summed E-state index contributed by atoms with van der Waals surface area (Å²) < 4.78 is 86.0. The van der Waals surface area contributed by atoms with Gasteiger partial charge in [-0.05, 0) is 0 Å². The fourth-order valence-corrected chi connectivity index (χ4v) is 7.30.